The minimum absolute atomic E-state index is 0.459. The normalized spacial score (nSPS) is 10.1. The van der Waals surface area contributed by atoms with E-state index in [1.807, 2.05) is 43.3 Å². The van der Waals surface area contributed by atoms with Crippen molar-refractivity contribution in [2.45, 2.75) is 6.92 Å². The number of nitrogens with zero attached hydrogens (tertiary/aromatic N) is 3. The summed E-state index contributed by atoms with van der Waals surface area (Å²) in [5.74, 6) is 1.73. The first kappa shape index (κ1) is 17.2. The van der Waals surface area contributed by atoms with E-state index in [1.54, 1.807) is 26.5 Å². The maximum atomic E-state index is 9.10. The molecule has 0 saturated carbocycles. The Balaban J connectivity index is 1.94. The van der Waals surface area contributed by atoms with Crippen molar-refractivity contribution >= 4 is 11.6 Å². The standard InChI is InChI=1S/C20H18N4O2/c1-13-12-22-20(23-16-7-8-17(25-2)18(10-16)26-3)24-19(13)15-6-4-5-14(9-15)11-21/h4-10,12H,1-3H3,(H,22,23,24). The van der Waals surface area contributed by atoms with Crippen molar-refractivity contribution in [2.24, 2.45) is 0 Å². The topological polar surface area (TPSA) is 80.1 Å². The number of aromatic nitrogens is 2. The van der Waals surface area contributed by atoms with Gasteiger partial charge < -0.3 is 14.8 Å². The summed E-state index contributed by atoms with van der Waals surface area (Å²) in [7, 11) is 3.18. The molecule has 0 spiro atoms. The summed E-state index contributed by atoms with van der Waals surface area (Å²) in [5.41, 5.74) is 3.95. The van der Waals surface area contributed by atoms with E-state index >= 15 is 0 Å². The van der Waals surface area contributed by atoms with Crippen molar-refractivity contribution in [1.82, 2.24) is 9.97 Å². The molecule has 3 rings (SSSR count). The van der Waals surface area contributed by atoms with Crippen molar-refractivity contribution in [3.8, 4) is 28.8 Å². The van der Waals surface area contributed by atoms with Crippen LogP contribution in [0.4, 0.5) is 11.6 Å². The maximum Gasteiger partial charge on any atom is 0.227 e. The second kappa shape index (κ2) is 7.53. The molecule has 0 aliphatic rings. The van der Waals surface area contributed by atoms with Gasteiger partial charge in [-0.25, -0.2) is 9.97 Å². The number of aryl methyl sites for hydroxylation is 1. The number of methoxy groups -OCH3 is 2. The fourth-order valence-electron chi connectivity index (χ4n) is 2.57. The number of rotatable bonds is 5. The van der Waals surface area contributed by atoms with Crippen LogP contribution in [0.5, 0.6) is 11.5 Å². The van der Waals surface area contributed by atoms with Gasteiger partial charge in [0.05, 0.1) is 31.5 Å². The van der Waals surface area contributed by atoms with Crippen molar-refractivity contribution in [3.05, 3.63) is 59.8 Å². The highest BCUT2D eigenvalue weighted by Gasteiger charge is 2.09. The molecule has 1 N–H and O–H groups in total. The molecular weight excluding hydrogens is 328 g/mol. The molecule has 3 aromatic rings. The van der Waals surface area contributed by atoms with Crippen LogP contribution in [-0.4, -0.2) is 24.2 Å². The van der Waals surface area contributed by atoms with Crippen molar-refractivity contribution in [2.75, 3.05) is 19.5 Å². The monoisotopic (exact) mass is 346 g/mol. The van der Waals surface area contributed by atoms with Crippen LogP contribution in [0.3, 0.4) is 0 Å². The molecule has 0 unspecified atom stereocenters. The average molecular weight is 346 g/mol. The molecule has 6 nitrogen and oxygen atoms in total. The number of nitriles is 1. The molecule has 1 aromatic heterocycles. The van der Waals surface area contributed by atoms with Crippen molar-refractivity contribution < 1.29 is 9.47 Å². The quantitative estimate of drug-likeness (QED) is 0.750. The zero-order valence-electron chi connectivity index (χ0n) is 14.8. The second-order valence-electron chi connectivity index (χ2n) is 5.61. The highest BCUT2D eigenvalue weighted by atomic mass is 16.5. The van der Waals surface area contributed by atoms with Crippen LogP contribution in [0.15, 0.2) is 48.7 Å². The number of ether oxygens (including phenoxy) is 2. The molecule has 0 atom stereocenters. The van der Waals surface area contributed by atoms with Gasteiger partial charge >= 0.3 is 0 Å². The number of anilines is 2. The third-order valence-electron chi connectivity index (χ3n) is 3.88. The summed E-state index contributed by atoms with van der Waals surface area (Å²) in [6.07, 6.45) is 1.75. The van der Waals surface area contributed by atoms with E-state index < -0.39 is 0 Å². The van der Waals surface area contributed by atoms with Crippen LogP contribution < -0.4 is 14.8 Å². The summed E-state index contributed by atoms with van der Waals surface area (Å²) in [5, 5.41) is 12.3. The Kier molecular flexibility index (Phi) is 4.99. The highest BCUT2D eigenvalue weighted by Crippen LogP contribution is 2.31. The maximum absolute atomic E-state index is 9.10. The molecule has 130 valence electrons. The largest absolute Gasteiger partial charge is 0.493 e. The number of nitrogens with one attached hydrogen (secondary N) is 1. The molecule has 0 saturated heterocycles. The smallest absolute Gasteiger partial charge is 0.227 e. The third kappa shape index (κ3) is 3.57. The lowest BCUT2D eigenvalue weighted by Gasteiger charge is -2.12. The summed E-state index contributed by atoms with van der Waals surface area (Å²) in [4.78, 5) is 8.95. The van der Waals surface area contributed by atoms with E-state index in [0.717, 1.165) is 22.5 Å². The minimum atomic E-state index is 0.459. The first-order chi connectivity index (χ1) is 12.6. The number of hydrogen-bond donors (Lipinski definition) is 1. The Morgan fingerprint density at radius 3 is 2.58 bits per heavy atom. The lowest BCUT2D eigenvalue weighted by Crippen LogP contribution is -2.01. The van der Waals surface area contributed by atoms with E-state index in [-0.39, 0.29) is 0 Å². The highest BCUT2D eigenvalue weighted by molar-refractivity contribution is 5.67. The summed E-state index contributed by atoms with van der Waals surface area (Å²) >= 11 is 0. The zero-order chi connectivity index (χ0) is 18.5. The molecule has 6 heteroatoms. The molecule has 0 aliphatic heterocycles. The first-order valence-corrected chi connectivity index (χ1v) is 7.98. The summed E-state index contributed by atoms with van der Waals surface area (Å²) in [6, 6.07) is 15.0. The molecule has 0 radical (unpaired) electrons. The molecule has 0 bridgehead atoms. The van der Waals surface area contributed by atoms with Gasteiger partial charge in [-0.05, 0) is 36.8 Å². The molecule has 0 aliphatic carbocycles. The molecule has 0 amide bonds. The summed E-state index contributed by atoms with van der Waals surface area (Å²) < 4.78 is 10.6. The fraction of sp³-hybridized carbons (Fsp3) is 0.150. The second-order valence-corrected chi connectivity index (χ2v) is 5.61. The van der Waals surface area contributed by atoms with Gasteiger partial charge in [0, 0.05) is 23.5 Å². The average Bonchev–Trinajstić information content (AvgIpc) is 2.69. The van der Waals surface area contributed by atoms with Crippen LogP contribution in [0.1, 0.15) is 11.1 Å². The van der Waals surface area contributed by atoms with Gasteiger partial charge in [-0.2, -0.15) is 5.26 Å². The Hall–Kier alpha value is -3.59. The third-order valence-corrected chi connectivity index (χ3v) is 3.88. The number of benzene rings is 2. The van der Waals surface area contributed by atoms with Gasteiger partial charge in [-0.3, -0.25) is 0 Å². The van der Waals surface area contributed by atoms with E-state index in [9.17, 15) is 0 Å². The van der Waals surface area contributed by atoms with Gasteiger partial charge in [0.1, 0.15) is 0 Å². The van der Waals surface area contributed by atoms with Crippen LogP contribution >= 0.6 is 0 Å². The Morgan fingerprint density at radius 2 is 1.85 bits per heavy atom. The van der Waals surface area contributed by atoms with E-state index in [2.05, 4.69) is 21.4 Å². The molecule has 26 heavy (non-hydrogen) atoms. The molecule has 0 fully saturated rings. The Bertz CT molecular complexity index is 980. The van der Waals surface area contributed by atoms with Gasteiger partial charge in [-0.15, -0.1) is 0 Å². The van der Waals surface area contributed by atoms with Crippen LogP contribution in [-0.2, 0) is 0 Å². The molecule has 1 heterocycles. The van der Waals surface area contributed by atoms with Crippen LogP contribution in [0, 0.1) is 18.3 Å². The SMILES string of the molecule is COc1ccc(Nc2ncc(C)c(-c3cccc(C#N)c3)n2)cc1OC. The van der Waals surface area contributed by atoms with E-state index in [1.165, 1.54) is 0 Å². The lowest BCUT2D eigenvalue weighted by atomic mass is 10.1. The Labute approximate surface area is 152 Å². The molecular formula is C20H18N4O2. The van der Waals surface area contributed by atoms with Crippen LogP contribution in [0.2, 0.25) is 0 Å². The van der Waals surface area contributed by atoms with Crippen molar-refractivity contribution in [3.63, 3.8) is 0 Å². The number of hydrogen-bond acceptors (Lipinski definition) is 6. The van der Waals surface area contributed by atoms with Gasteiger partial charge in [-0.1, -0.05) is 12.1 Å². The van der Waals surface area contributed by atoms with E-state index in [4.69, 9.17) is 14.7 Å². The van der Waals surface area contributed by atoms with Gasteiger partial charge in [0.2, 0.25) is 5.95 Å². The van der Waals surface area contributed by atoms with Gasteiger partial charge in [0.25, 0.3) is 0 Å². The fourth-order valence-corrected chi connectivity index (χ4v) is 2.57. The minimum Gasteiger partial charge on any atom is -0.493 e. The summed E-state index contributed by atoms with van der Waals surface area (Å²) in [6.45, 7) is 1.94. The van der Waals surface area contributed by atoms with Crippen LogP contribution in [0.25, 0.3) is 11.3 Å². The predicted octanol–water partition coefficient (Wildman–Crippen LogP) is 4.08. The first-order valence-electron chi connectivity index (χ1n) is 7.98. The molecule has 2 aromatic carbocycles. The Morgan fingerprint density at radius 1 is 1.04 bits per heavy atom. The predicted molar refractivity (Wildman–Crippen MR) is 99.7 cm³/mol. The van der Waals surface area contributed by atoms with Crippen molar-refractivity contribution in [1.29, 1.82) is 5.26 Å². The van der Waals surface area contributed by atoms with Gasteiger partial charge in [0.15, 0.2) is 11.5 Å². The van der Waals surface area contributed by atoms with E-state index in [0.29, 0.717) is 23.0 Å². The zero-order valence-corrected chi connectivity index (χ0v) is 14.8. The lowest BCUT2D eigenvalue weighted by molar-refractivity contribution is 0.355.